The molecule has 2 aliphatic rings. The fraction of sp³-hybridized carbons (Fsp3) is 0.381. The molecule has 5 heteroatoms. The van der Waals surface area contributed by atoms with Crippen molar-refractivity contribution in [2.45, 2.75) is 19.4 Å². The molecule has 0 aliphatic carbocycles. The highest BCUT2D eigenvalue weighted by Gasteiger charge is 2.27. The second kappa shape index (κ2) is 7.38. The summed E-state index contributed by atoms with van der Waals surface area (Å²) in [5.41, 5.74) is 4.51. The van der Waals surface area contributed by atoms with Crippen LogP contribution in [0.25, 0.3) is 0 Å². The fourth-order valence-corrected chi connectivity index (χ4v) is 3.73. The highest BCUT2D eigenvalue weighted by Crippen LogP contribution is 2.29. The van der Waals surface area contributed by atoms with E-state index in [1.807, 2.05) is 25.1 Å². The van der Waals surface area contributed by atoms with E-state index in [2.05, 4.69) is 45.4 Å². The van der Waals surface area contributed by atoms with Gasteiger partial charge < -0.3 is 19.9 Å². The third-order valence-electron chi connectivity index (χ3n) is 5.28. The number of anilines is 3. The number of carbonyl (C=O) groups excluding carboxylic acids is 1. The molecule has 26 heavy (non-hydrogen) atoms. The summed E-state index contributed by atoms with van der Waals surface area (Å²) in [7, 11) is 0. The molecule has 136 valence electrons. The molecule has 5 nitrogen and oxygen atoms in total. The molecular weight excluding hydrogens is 326 g/mol. The van der Waals surface area contributed by atoms with E-state index < -0.39 is 0 Å². The maximum Gasteiger partial charge on any atom is 0.246 e. The molecule has 2 aromatic rings. The zero-order valence-corrected chi connectivity index (χ0v) is 15.1. The Morgan fingerprint density at radius 1 is 1.04 bits per heavy atom. The zero-order chi connectivity index (χ0) is 17.9. The standard InChI is InChI=1S/C21H25N3O2/c1-16(24-11-10-17-4-2-3-5-20(17)24)21(25)22-18-6-8-19(9-7-18)23-12-14-26-15-13-23/h2-9,16H,10-15H2,1H3,(H,22,25)/t16-/m1/s1. The smallest absolute Gasteiger partial charge is 0.246 e. The molecule has 0 aromatic heterocycles. The van der Waals surface area contributed by atoms with Gasteiger partial charge in [-0.25, -0.2) is 0 Å². The first-order chi connectivity index (χ1) is 12.7. The van der Waals surface area contributed by atoms with Gasteiger partial charge in [-0.05, 0) is 49.2 Å². The summed E-state index contributed by atoms with van der Waals surface area (Å²) in [4.78, 5) is 17.2. The van der Waals surface area contributed by atoms with Crippen LogP contribution in [-0.4, -0.2) is 44.8 Å². The molecule has 0 bridgehead atoms. The van der Waals surface area contributed by atoms with Crippen LogP contribution in [0.15, 0.2) is 48.5 Å². The minimum Gasteiger partial charge on any atom is -0.378 e. The van der Waals surface area contributed by atoms with Gasteiger partial charge in [0, 0.05) is 36.7 Å². The van der Waals surface area contributed by atoms with Crippen LogP contribution in [0, 0.1) is 0 Å². The molecule has 0 unspecified atom stereocenters. The quantitative estimate of drug-likeness (QED) is 0.920. The summed E-state index contributed by atoms with van der Waals surface area (Å²) in [5, 5.41) is 3.06. The number of fused-ring (bicyclic) bond motifs is 1. The highest BCUT2D eigenvalue weighted by molar-refractivity contribution is 5.97. The molecule has 2 aliphatic heterocycles. The Balaban J connectivity index is 1.40. The lowest BCUT2D eigenvalue weighted by molar-refractivity contribution is -0.117. The van der Waals surface area contributed by atoms with Crippen LogP contribution in [-0.2, 0) is 16.0 Å². The molecule has 1 atom stereocenters. The number of ether oxygens (including phenoxy) is 1. The number of morpholine rings is 1. The number of nitrogens with zero attached hydrogens (tertiary/aromatic N) is 2. The predicted molar refractivity (Wildman–Crippen MR) is 105 cm³/mol. The molecule has 1 N–H and O–H groups in total. The molecular formula is C21H25N3O2. The van der Waals surface area contributed by atoms with Gasteiger partial charge in [-0.1, -0.05) is 18.2 Å². The number of para-hydroxylation sites is 1. The van der Waals surface area contributed by atoms with Gasteiger partial charge in [0.15, 0.2) is 0 Å². The first-order valence-electron chi connectivity index (χ1n) is 9.30. The maximum atomic E-state index is 12.7. The average Bonchev–Trinajstić information content (AvgIpc) is 3.13. The minimum absolute atomic E-state index is 0.0285. The van der Waals surface area contributed by atoms with Crippen LogP contribution < -0.4 is 15.1 Å². The topological polar surface area (TPSA) is 44.8 Å². The molecule has 0 spiro atoms. The molecule has 2 aromatic carbocycles. The Morgan fingerprint density at radius 3 is 2.54 bits per heavy atom. The fourth-order valence-electron chi connectivity index (χ4n) is 3.73. The van der Waals surface area contributed by atoms with Gasteiger partial charge in [0.1, 0.15) is 6.04 Å². The number of rotatable bonds is 4. The van der Waals surface area contributed by atoms with Crippen LogP contribution in [0.4, 0.5) is 17.1 Å². The second-order valence-electron chi connectivity index (χ2n) is 6.88. The molecule has 0 saturated carbocycles. The van der Waals surface area contributed by atoms with Crippen molar-refractivity contribution in [1.29, 1.82) is 0 Å². The van der Waals surface area contributed by atoms with E-state index in [1.54, 1.807) is 0 Å². The lowest BCUT2D eigenvalue weighted by Crippen LogP contribution is -2.41. The van der Waals surface area contributed by atoms with Crippen molar-refractivity contribution in [3.05, 3.63) is 54.1 Å². The Labute approximate surface area is 154 Å². The van der Waals surface area contributed by atoms with Gasteiger partial charge in [-0.15, -0.1) is 0 Å². The first-order valence-corrected chi connectivity index (χ1v) is 9.30. The zero-order valence-electron chi connectivity index (χ0n) is 15.1. The molecule has 4 rings (SSSR count). The van der Waals surface area contributed by atoms with Crippen molar-refractivity contribution in [3.63, 3.8) is 0 Å². The van der Waals surface area contributed by atoms with Crippen molar-refractivity contribution in [2.75, 3.05) is 48.0 Å². The Hall–Kier alpha value is -2.53. The first kappa shape index (κ1) is 16.9. The van der Waals surface area contributed by atoms with Gasteiger partial charge in [0.2, 0.25) is 5.91 Å². The third-order valence-corrected chi connectivity index (χ3v) is 5.28. The molecule has 1 fully saturated rings. The highest BCUT2D eigenvalue weighted by atomic mass is 16.5. The average molecular weight is 351 g/mol. The van der Waals surface area contributed by atoms with E-state index in [-0.39, 0.29) is 11.9 Å². The van der Waals surface area contributed by atoms with Crippen molar-refractivity contribution in [3.8, 4) is 0 Å². The van der Waals surface area contributed by atoms with Gasteiger partial charge >= 0.3 is 0 Å². The van der Waals surface area contributed by atoms with Crippen LogP contribution in [0.1, 0.15) is 12.5 Å². The van der Waals surface area contributed by atoms with Gasteiger partial charge in [0.25, 0.3) is 0 Å². The summed E-state index contributed by atoms with van der Waals surface area (Å²) in [5.74, 6) is 0.0285. The normalized spacial score (nSPS) is 17.7. The van der Waals surface area contributed by atoms with Crippen molar-refractivity contribution in [1.82, 2.24) is 0 Å². The van der Waals surface area contributed by atoms with E-state index in [9.17, 15) is 4.79 Å². The molecule has 1 saturated heterocycles. The summed E-state index contributed by atoms with van der Waals surface area (Å²) >= 11 is 0. The lowest BCUT2D eigenvalue weighted by Gasteiger charge is -2.29. The second-order valence-corrected chi connectivity index (χ2v) is 6.88. The minimum atomic E-state index is -0.197. The monoisotopic (exact) mass is 351 g/mol. The molecule has 1 amide bonds. The van der Waals surface area contributed by atoms with Crippen LogP contribution in [0.2, 0.25) is 0 Å². The predicted octanol–water partition coefficient (Wildman–Crippen LogP) is 2.91. The van der Waals surface area contributed by atoms with Crippen LogP contribution in [0.5, 0.6) is 0 Å². The Morgan fingerprint density at radius 2 is 1.77 bits per heavy atom. The summed E-state index contributed by atoms with van der Waals surface area (Å²) in [6, 6.07) is 16.2. The third kappa shape index (κ3) is 3.40. The van der Waals surface area contributed by atoms with E-state index in [1.165, 1.54) is 16.9 Å². The maximum absolute atomic E-state index is 12.7. The van der Waals surface area contributed by atoms with Crippen molar-refractivity contribution < 1.29 is 9.53 Å². The van der Waals surface area contributed by atoms with E-state index in [0.29, 0.717) is 0 Å². The Bertz CT molecular complexity index is 769. The van der Waals surface area contributed by atoms with E-state index in [4.69, 9.17) is 4.74 Å². The van der Waals surface area contributed by atoms with E-state index >= 15 is 0 Å². The molecule has 2 heterocycles. The van der Waals surface area contributed by atoms with Crippen LogP contribution in [0.3, 0.4) is 0 Å². The lowest BCUT2D eigenvalue weighted by atomic mass is 10.1. The largest absolute Gasteiger partial charge is 0.378 e. The number of hydrogen-bond donors (Lipinski definition) is 1. The number of benzene rings is 2. The van der Waals surface area contributed by atoms with Gasteiger partial charge in [-0.3, -0.25) is 4.79 Å². The van der Waals surface area contributed by atoms with Crippen molar-refractivity contribution >= 4 is 23.0 Å². The number of hydrogen-bond acceptors (Lipinski definition) is 4. The Kier molecular flexibility index (Phi) is 4.80. The molecule has 0 radical (unpaired) electrons. The van der Waals surface area contributed by atoms with E-state index in [0.717, 1.165) is 45.0 Å². The number of amides is 1. The summed E-state index contributed by atoms with van der Waals surface area (Å²) < 4.78 is 5.39. The number of nitrogens with one attached hydrogen (secondary N) is 1. The van der Waals surface area contributed by atoms with Gasteiger partial charge in [-0.2, -0.15) is 0 Å². The van der Waals surface area contributed by atoms with Gasteiger partial charge in [0.05, 0.1) is 13.2 Å². The summed E-state index contributed by atoms with van der Waals surface area (Å²) in [6.45, 7) is 6.23. The van der Waals surface area contributed by atoms with Crippen LogP contribution >= 0.6 is 0 Å². The summed E-state index contributed by atoms with van der Waals surface area (Å²) in [6.07, 6.45) is 1.00. The van der Waals surface area contributed by atoms with Crippen molar-refractivity contribution in [2.24, 2.45) is 0 Å². The SMILES string of the molecule is C[C@H](C(=O)Nc1ccc(N2CCOCC2)cc1)N1CCc2ccccc21. The number of carbonyl (C=O) groups is 1.